The van der Waals surface area contributed by atoms with Gasteiger partial charge in [-0.1, -0.05) is 37.3 Å². The number of benzene rings is 1. The number of hydrogen-bond donors (Lipinski definition) is 0. The standard InChI is InChI=1S/C17H20N2O5/c1-4-17(12-9-7-6-8-10-12)14(21)18(3)16(23)19(15(17)22)11-13(20)24-5-2/h6-10H,4-5,11H2,1-3H3. The van der Waals surface area contributed by atoms with Crippen molar-refractivity contribution < 1.29 is 23.9 Å². The second-order valence-corrected chi connectivity index (χ2v) is 5.47. The summed E-state index contributed by atoms with van der Waals surface area (Å²) in [6, 6.07) is 7.74. The van der Waals surface area contributed by atoms with Crippen LogP contribution in [0, 0.1) is 0 Å². The average molecular weight is 332 g/mol. The molecule has 1 fully saturated rings. The van der Waals surface area contributed by atoms with E-state index < -0.39 is 35.8 Å². The fraction of sp³-hybridized carbons (Fsp3) is 0.412. The predicted octanol–water partition coefficient (Wildman–Crippen LogP) is 1.32. The van der Waals surface area contributed by atoms with Gasteiger partial charge in [-0.2, -0.15) is 0 Å². The number of nitrogens with zero attached hydrogens (tertiary/aromatic N) is 2. The van der Waals surface area contributed by atoms with Crippen LogP contribution in [0.25, 0.3) is 0 Å². The molecule has 0 aromatic heterocycles. The van der Waals surface area contributed by atoms with Crippen LogP contribution in [0.5, 0.6) is 0 Å². The molecule has 0 aliphatic carbocycles. The van der Waals surface area contributed by atoms with Gasteiger partial charge in [0.1, 0.15) is 6.54 Å². The molecule has 1 aliphatic heterocycles. The SMILES string of the molecule is CCOC(=O)CN1C(=O)N(C)C(=O)C(CC)(c2ccccc2)C1=O. The number of ether oxygens (including phenoxy) is 1. The Labute approximate surface area is 140 Å². The minimum atomic E-state index is -1.52. The Morgan fingerprint density at radius 1 is 1.08 bits per heavy atom. The summed E-state index contributed by atoms with van der Waals surface area (Å²) >= 11 is 0. The van der Waals surface area contributed by atoms with E-state index in [-0.39, 0.29) is 13.0 Å². The van der Waals surface area contributed by atoms with Gasteiger partial charge in [0, 0.05) is 7.05 Å². The molecule has 1 heterocycles. The van der Waals surface area contributed by atoms with Crippen LogP contribution in [0.2, 0.25) is 0 Å². The van der Waals surface area contributed by atoms with Gasteiger partial charge in [0.15, 0.2) is 5.41 Å². The second-order valence-electron chi connectivity index (χ2n) is 5.47. The maximum atomic E-state index is 13.0. The molecule has 0 bridgehead atoms. The van der Waals surface area contributed by atoms with Gasteiger partial charge in [-0.25, -0.2) is 4.79 Å². The lowest BCUT2D eigenvalue weighted by atomic mass is 9.74. The lowest BCUT2D eigenvalue weighted by molar-refractivity contribution is -0.157. The molecule has 128 valence electrons. The molecule has 1 saturated heterocycles. The number of urea groups is 1. The molecule has 1 aliphatic rings. The maximum absolute atomic E-state index is 13.0. The molecule has 1 aromatic carbocycles. The Bertz CT molecular complexity index is 673. The minimum absolute atomic E-state index is 0.140. The normalized spacial score (nSPS) is 21.2. The van der Waals surface area contributed by atoms with E-state index in [2.05, 4.69) is 0 Å². The molecule has 24 heavy (non-hydrogen) atoms. The molecule has 1 unspecified atom stereocenters. The highest BCUT2D eigenvalue weighted by molar-refractivity contribution is 6.23. The highest BCUT2D eigenvalue weighted by atomic mass is 16.5. The molecule has 2 rings (SSSR count). The zero-order valence-corrected chi connectivity index (χ0v) is 13.9. The van der Waals surface area contributed by atoms with Gasteiger partial charge in [0.05, 0.1) is 6.61 Å². The molecular formula is C17H20N2O5. The van der Waals surface area contributed by atoms with E-state index in [0.29, 0.717) is 5.56 Å². The molecule has 7 nitrogen and oxygen atoms in total. The van der Waals surface area contributed by atoms with Crippen LogP contribution in [0.15, 0.2) is 30.3 Å². The zero-order valence-electron chi connectivity index (χ0n) is 13.9. The van der Waals surface area contributed by atoms with Crippen LogP contribution in [-0.2, 0) is 24.5 Å². The number of imide groups is 2. The Balaban J connectivity index is 2.50. The highest BCUT2D eigenvalue weighted by Crippen LogP contribution is 2.36. The zero-order chi connectivity index (χ0) is 17.9. The number of barbiturate groups is 1. The lowest BCUT2D eigenvalue weighted by Crippen LogP contribution is -2.66. The first-order chi connectivity index (χ1) is 11.4. The van der Waals surface area contributed by atoms with E-state index in [1.54, 1.807) is 44.2 Å². The molecule has 0 N–H and O–H groups in total. The number of likely N-dealkylation sites (N-methyl/N-ethyl adjacent to an activating group) is 1. The average Bonchev–Trinajstić information content (AvgIpc) is 2.59. The van der Waals surface area contributed by atoms with E-state index in [1.807, 2.05) is 0 Å². The Morgan fingerprint density at radius 2 is 1.71 bits per heavy atom. The van der Waals surface area contributed by atoms with Crippen LogP contribution in [0.3, 0.4) is 0 Å². The van der Waals surface area contributed by atoms with E-state index in [9.17, 15) is 19.2 Å². The highest BCUT2D eigenvalue weighted by Gasteiger charge is 2.56. The van der Waals surface area contributed by atoms with Crippen LogP contribution in [0.4, 0.5) is 4.79 Å². The van der Waals surface area contributed by atoms with E-state index in [1.165, 1.54) is 7.05 Å². The number of esters is 1. The van der Waals surface area contributed by atoms with E-state index in [4.69, 9.17) is 4.74 Å². The Kier molecular flexibility index (Phi) is 5.02. The molecule has 7 heteroatoms. The maximum Gasteiger partial charge on any atom is 0.333 e. The first kappa shape index (κ1) is 17.7. The Hall–Kier alpha value is -2.70. The van der Waals surface area contributed by atoms with Gasteiger partial charge in [0.2, 0.25) is 0 Å². The topological polar surface area (TPSA) is 84.0 Å². The van der Waals surface area contributed by atoms with Crippen molar-refractivity contribution in [3.63, 3.8) is 0 Å². The van der Waals surface area contributed by atoms with E-state index >= 15 is 0 Å². The first-order valence-electron chi connectivity index (χ1n) is 7.75. The number of hydrogen-bond acceptors (Lipinski definition) is 5. The summed E-state index contributed by atoms with van der Waals surface area (Å²) in [7, 11) is 1.31. The summed E-state index contributed by atoms with van der Waals surface area (Å²) < 4.78 is 4.82. The fourth-order valence-corrected chi connectivity index (χ4v) is 2.91. The first-order valence-corrected chi connectivity index (χ1v) is 7.75. The van der Waals surface area contributed by atoms with Gasteiger partial charge in [-0.05, 0) is 18.9 Å². The number of carbonyl (C=O) groups is 4. The van der Waals surface area contributed by atoms with Crippen molar-refractivity contribution >= 4 is 23.8 Å². The number of carbonyl (C=O) groups excluding carboxylic acids is 4. The fourth-order valence-electron chi connectivity index (χ4n) is 2.91. The van der Waals surface area contributed by atoms with Crippen molar-refractivity contribution in [2.75, 3.05) is 20.2 Å². The van der Waals surface area contributed by atoms with Crippen molar-refractivity contribution in [2.45, 2.75) is 25.7 Å². The number of rotatable bonds is 5. The monoisotopic (exact) mass is 332 g/mol. The third-order valence-corrected chi connectivity index (χ3v) is 4.19. The molecule has 4 amide bonds. The lowest BCUT2D eigenvalue weighted by Gasteiger charge is -2.42. The molecule has 1 aromatic rings. The number of amides is 4. The van der Waals surface area contributed by atoms with Gasteiger partial charge in [-0.3, -0.25) is 24.2 Å². The molecule has 0 saturated carbocycles. The van der Waals surface area contributed by atoms with Gasteiger partial charge in [0.25, 0.3) is 11.8 Å². The molecule has 1 atom stereocenters. The summed E-state index contributed by atoms with van der Waals surface area (Å²) in [6.45, 7) is 2.96. The third kappa shape index (κ3) is 2.66. The predicted molar refractivity (Wildman–Crippen MR) is 84.9 cm³/mol. The second kappa shape index (κ2) is 6.82. The third-order valence-electron chi connectivity index (χ3n) is 4.19. The van der Waals surface area contributed by atoms with Crippen molar-refractivity contribution in [3.8, 4) is 0 Å². The molecular weight excluding hydrogens is 312 g/mol. The van der Waals surface area contributed by atoms with Gasteiger partial charge < -0.3 is 4.74 Å². The van der Waals surface area contributed by atoms with Crippen molar-refractivity contribution in [3.05, 3.63) is 35.9 Å². The molecule has 0 spiro atoms. The smallest absolute Gasteiger partial charge is 0.333 e. The van der Waals surface area contributed by atoms with Crippen LogP contribution >= 0.6 is 0 Å². The van der Waals surface area contributed by atoms with Crippen LogP contribution < -0.4 is 0 Å². The summed E-state index contributed by atoms with van der Waals surface area (Å²) in [4.78, 5) is 51.6. The van der Waals surface area contributed by atoms with Crippen molar-refractivity contribution in [1.29, 1.82) is 0 Å². The largest absolute Gasteiger partial charge is 0.465 e. The van der Waals surface area contributed by atoms with Gasteiger partial charge in [-0.15, -0.1) is 0 Å². The summed E-state index contributed by atoms with van der Waals surface area (Å²) in [5, 5.41) is 0. The summed E-state index contributed by atoms with van der Waals surface area (Å²) in [6.07, 6.45) is 0.172. The summed E-state index contributed by atoms with van der Waals surface area (Å²) in [5.41, 5.74) is -1.02. The van der Waals surface area contributed by atoms with Crippen LogP contribution in [0.1, 0.15) is 25.8 Å². The minimum Gasteiger partial charge on any atom is -0.465 e. The van der Waals surface area contributed by atoms with Crippen LogP contribution in [-0.4, -0.2) is 53.8 Å². The quantitative estimate of drug-likeness (QED) is 0.600. The van der Waals surface area contributed by atoms with Gasteiger partial charge >= 0.3 is 12.0 Å². The van der Waals surface area contributed by atoms with Crippen molar-refractivity contribution in [1.82, 2.24) is 9.80 Å². The molecule has 0 radical (unpaired) electrons. The summed E-state index contributed by atoms with van der Waals surface area (Å²) in [5.74, 6) is -1.98. The van der Waals surface area contributed by atoms with Crippen molar-refractivity contribution in [2.24, 2.45) is 0 Å². The van der Waals surface area contributed by atoms with E-state index in [0.717, 1.165) is 9.80 Å². The Morgan fingerprint density at radius 3 is 2.25 bits per heavy atom.